The second kappa shape index (κ2) is 8.34. The van der Waals surface area contributed by atoms with Gasteiger partial charge in [-0.3, -0.25) is 4.79 Å². The van der Waals surface area contributed by atoms with Gasteiger partial charge < -0.3 is 10.2 Å². The van der Waals surface area contributed by atoms with Gasteiger partial charge in [0.1, 0.15) is 12.4 Å². The Morgan fingerprint density at radius 3 is 2.61 bits per heavy atom. The van der Waals surface area contributed by atoms with Gasteiger partial charge in [0.2, 0.25) is 0 Å². The summed E-state index contributed by atoms with van der Waals surface area (Å²) < 4.78 is 13.6. The van der Waals surface area contributed by atoms with Gasteiger partial charge in [-0.05, 0) is 36.6 Å². The number of amides is 1. The molecule has 0 bridgehead atoms. The minimum Gasteiger partial charge on any atom is -0.326 e. The molecule has 122 valence electrons. The van der Waals surface area contributed by atoms with Crippen LogP contribution in [0.5, 0.6) is 0 Å². The Hall–Kier alpha value is -1.56. The summed E-state index contributed by atoms with van der Waals surface area (Å²) in [6.45, 7) is 0.969. The number of thioether (sulfide) groups is 1. The Bertz CT molecular complexity index is 679. The number of likely N-dealkylation sites (N-methyl/N-ethyl adjacent to an activating group) is 1. The monoisotopic (exact) mass is 353 g/mol. The minimum absolute atomic E-state index is 0.111. The van der Waals surface area contributed by atoms with E-state index in [0.717, 1.165) is 17.0 Å². The van der Waals surface area contributed by atoms with Gasteiger partial charge in [0.05, 0.1) is 12.7 Å². The molecule has 2 N–H and O–H groups in total. The van der Waals surface area contributed by atoms with Crippen molar-refractivity contribution in [2.45, 2.75) is 11.4 Å². The SMILES string of the molecule is CSc1ccc(C[NH+](C)CC(=O)Nc2cc(Cl)ccc2F)cc1. The maximum Gasteiger partial charge on any atom is 0.279 e. The molecule has 1 unspecified atom stereocenters. The van der Waals surface area contributed by atoms with E-state index in [1.807, 2.05) is 13.3 Å². The lowest BCUT2D eigenvalue weighted by molar-refractivity contribution is -0.885. The summed E-state index contributed by atoms with van der Waals surface area (Å²) in [4.78, 5) is 14.3. The van der Waals surface area contributed by atoms with Crippen molar-refractivity contribution >= 4 is 35.0 Å². The summed E-state index contributed by atoms with van der Waals surface area (Å²) in [5.74, 6) is -0.738. The number of halogens is 2. The Morgan fingerprint density at radius 2 is 1.96 bits per heavy atom. The van der Waals surface area contributed by atoms with Gasteiger partial charge in [-0.25, -0.2) is 4.39 Å². The minimum atomic E-state index is -0.493. The molecular weight excluding hydrogens is 335 g/mol. The molecule has 0 heterocycles. The zero-order valence-corrected chi connectivity index (χ0v) is 14.6. The van der Waals surface area contributed by atoms with Crippen LogP contribution < -0.4 is 10.2 Å². The number of nitrogens with one attached hydrogen (secondary N) is 2. The fraction of sp³-hybridized carbons (Fsp3) is 0.235. The molecule has 0 radical (unpaired) electrons. The molecule has 3 nitrogen and oxygen atoms in total. The van der Waals surface area contributed by atoms with Crippen molar-refractivity contribution in [1.82, 2.24) is 0 Å². The molecule has 2 aromatic carbocycles. The average molecular weight is 354 g/mol. The van der Waals surface area contributed by atoms with Crippen LogP contribution in [-0.4, -0.2) is 25.8 Å². The summed E-state index contributed by atoms with van der Waals surface area (Å²) in [7, 11) is 1.93. The molecule has 2 rings (SSSR count). The van der Waals surface area contributed by atoms with Gasteiger partial charge in [-0.15, -0.1) is 11.8 Å². The molecule has 1 atom stereocenters. The third-order valence-electron chi connectivity index (χ3n) is 3.33. The van der Waals surface area contributed by atoms with Crippen LogP contribution in [0.25, 0.3) is 0 Å². The van der Waals surface area contributed by atoms with Gasteiger partial charge >= 0.3 is 0 Å². The van der Waals surface area contributed by atoms with Crippen molar-refractivity contribution in [3.8, 4) is 0 Å². The van der Waals surface area contributed by atoms with Crippen molar-refractivity contribution < 1.29 is 14.1 Å². The maximum atomic E-state index is 13.6. The first-order valence-electron chi connectivity index (χ1n) is 7.17. The number of quaternary nitrogens is 1. The molecule has 0 aliphatic heterocycles. The van der Waals surface area contributed by atoms with E-state index in [0.29, 0.717) is 5.02 Å². The number of carbonyl (C=O) groups is 1. The fourth-order valence-electron chi connectivity index (χ4n) is 2.22. The summed E-state index contributed by atoms with van der Waals surface area (Å²) in [5, 5.41) is 2.95. The summed E-state index contributed by atoms with van der Waals surface area (Å²) in [6, 6.07) is 12.3. The third-order valence-corrected chi connectivity index (χ3v) is 4.31. The summed E-state index contributed by atoms with van der Waals surface area (Å²) in [6.07, 6.45) is 2.03. The van der Waals surface area contributed by atoms with Crippen LogP contribution in [-0.2, 0) is 11.3 Å². The Kier molecular flexibility index (Phi) is 6.45. The number of hydrogen-bond acceptors (Lipinski definition) is 2. The Morgan fingerprint density at radius 1 is 1.26 bits per heavy atom. The Balaban J connectivity index is 1.90. The van der Waals surface area contributed by atoms with Crippen LogP contribution in [0.1, 0.15) is 5.56 Å². The van der Waals surface area contributed by atoms with Crippen LogP contribution in [0.15, 0.2) is 47.4 Å². The van der Waals surface area contributed by atoms with E-state index in [2.05, 4.69) is 29.6 Å². The lowest BCUT2D eigenvalue weighted by Crippen LogP contribution is -3.08. The van der Waals surface area contributed by atoms with Gasteiger partial charge in [0.25, 0.3) is 5.91 Å². The summed E-state index contributed by atoms with van der Waals surface area (Å²) in [5.41, 5.74) is 1.27. The van der Waals surface area contributed by atoms with E-state index in [1.165, 1.54) is 23.1 Å². The number of anilines is 1. The van der Waals surface area contributed by atoms with Crippen molar-refractivity contribution in [3.05, 3.63) is 58.9 Å². The van der Waals surface area contributed by atoms with Crippen LogP contribution in [0.4, 0.5) is 10.1 Å². The van der Waals surface area contributed by atoms with E-state index in [1.54, 1.807) is 11.8 Å². The van der Waals surface area contributed by atoms with Crippen LogP contribution in [0, 0.1) is 5.82 Å². The molecule has 2 aromatic rings. The van der Waals surface area contributed by atoms with Crippen molar-refractivity contribution in [1.29, 1.82) is 0 Å². The van der Waals surface area contributed by atoms with Gasteiger partial charge in [0.15, 0.2) is 6.54 Å². The number of rotatable bonds is 6. The molecule has 6 heteroatoms. The normalized spacial score (nSPS) is 12.0. The smallest absolute Gasteiger partial charge is 0.279 e. The first kappa shape index (κ1) is 17.8. The van der Waals surface area contributed by atoms with Crippen LogP contribution in [0.2, 0.25) is 5.02 Å². The molecule has 0 aliphatic carbocycles. The molecular formula is C17H19ClFN2OS+. The number of benzene rings is 2. The lowest BCUT2D eigenvalue weighted by Gasteiger charge is -2.14. The molecule has 23 heavy (non-hydrogen) atoms. The van der Waals surface area contributed by atoms with E-state index in [4.69, 9.17) is 11.6 Å². The highest BCUT2D eigenvalue weighted by atomic mass is 35.5. The van der Waals surface area contributed by atoms with Crippen LogP contribution in [0.3, 0.4) is 0 Å². The van der Waals surface area contributed by atoms with Gasteiger partial charge in [-0.1, -0.05) is 23.7 Å². The van der Waals surface area contributed by atoms with Crippen molar-refractivity contribution in [3.63, 3.8) is 0 Å². The number of carbonyl (C=O) groups excluding carboxylic acids is 1. The third kappa shape index (κ3) is 5.53. The molecule has 0 spiro atoms. The lowest BCUT2D eigenvalue weighted by atomic mass is 10.2. The van der Waals surface area contributed by atoms with E-state index >= 15 is 0 Å². The van der Waals surface area contributed by atoms with E-state index in [9.17, 15) is 9.18 Å². The van der Waals surface area contributed by atoms with Gasteiger partial charge in [-0.2, -0.15) is 0 Å². The summed E-state index contributed by atoms with van der Waals surface area (Å²) >= 11 is 7.51. The highest BCUT2D eigenvalue weighted by Gasteiger charge is 2.13. The van der Waals surface area contributed by atoms with Crippen molar-refractivity contribution in [2.75, 3.05) is 25.2 Å². The first-order chi connectivity index (χ1) is 11.0. The fourth-order valence-corrected chi connectivity index (χ4v) is 2.80. The molecule has 0 saturated heterocycles. The average Bonchev–Trinajstić information content (AvgIpc) is 2.51. The predicted molar refractivity (Wildman–Crippen MR) is 93.7 cm³/mol. The molecule has 0 aliphatic rings. The zero-order chi connectivity index (χ0) is 16.8. The highest BCUT2D eigenvalue weighted by molar-refractivity contribution is 7.98. The highest BCUT2D eigenvalue weighted by Crippen LogP contribution is 2.19. The molecule has 0 saturated carbocycles. The second-order valence-corrected chi connectivity index (χ2v) is 6.65. The van der Waals surface area contributed by atoms with Gasteiger partial charge in [0, 0.05) is 15.5 Å². The molecule has 1 amide bonds. The molecule has 0 aromatic heterocycles. The van der Waals surface area contributed by atoms with Crippen molar-refractivity contribution in [2.24, 2.45) is 0 Å². The quantitative estimate of drug-likeness (QED) is 0.783. The topological polar surface area (TPSA) is 33.5 Å². The van der Waals surface area contributed by atoms with E-state index < -0.39 is 5.82 Å². The second-order valence-electron chi connectivity index (χ2n) is 5.33. The largest absolute Gasteiger partial charge is 0.326 e. The zero-order valence-electron chi connectivity index (χ0n) is 13.0. The number of hydrogen-bond donors (Lipinski definition) is 2. The predicted octanol–water partition coefficient (Wildman–Crippen LogP) is 2.85. The maximum absolute atomic E-state index is 13.6. The standard InChI is InChI=1S/C17H18ClFN2OS/c1-21(10-12-3-6-14(23-2)7-4-12)11-17(22)20-16-9-13(18)5-8-15(16)19/h3-9H,10-11H2,1-2H3,(H,20,22)/p+1. The van der Waals surface area contributed by atoms with E-state index in [-0.39, 0.29) is 18.1 Å². The molecule has 0 fully saturated rings. The van der Waals surface area contributed by atoms with Crippen LogP contribution >= 0.6 is 23.4 Å². The Labute approximate surface area is 144 Å². The first-order valence-corrected chi connectivity index (χ1v) is 8.77.